The summed E-state index contributed by atoms with van der Waals surface area (Å²) < 4.78 is 51.3. The van der Waals surface area contributed by atoms with E-state index in [1.165, 1.54) is 13.0 Å². The summed E-state index contributed by atoms with van der Waals surface area (Å²) in [5, 5.41) is 168. The minimum absolute atomic E-state index is 0.142. The van der Waals surface area contributed by atoms with E-state index >= 15 is 0 Å². The van der Waals surface area contributed by atoms with Crippen LogP contribution in [0.5, 0.6) is 28.7 Å². The van der Waals surface area contributed by atoms with Gasteiger partial charge in [-0.3, -0.25) is 4.79 Å². The van der Waals surface area contributed by atoms with Gasteiger partial charge in [0.15, 0.2) is 36.1 Å². The van der Waals surface area contributed by atoms with Crippen molar-refractivity contribution in [3.05, 3.63) is 40.6 Å². The molecule has 2 aromatic carbocycles. The maximum Gasteiger partial charge on any atom is 0.239 e. The van der Waals surface area contributed by atoms with Crippen molar-refractivity contribution in [2.75, 3.05) is 19.8 Å². The molecule has 3 aromatic rings. The monoisotopic (exact) mass is 934 g/mol. The van der Waals surface area contributed by atoms with Crippen LogP contribution in [0.2, 0.25) is 0 Å². The van der Waals surface area contributed by atoms with Crippen molar-refractivity contribution in [3.8, 4) is 40.1 Å². The zero-order chi connectivity index (χ0) is 47.3. The van der Waals surface area contributed by atoms with Crippen LogP contribution in [0.15, 0.2) is 39.5 Å². The van der Waals surface area contributed by atoms with E-state index < -0.39 is 194 Å². The Morgan fingerprint density at radius 3 is 1.74 bits per heavy atom. The van der Waals surface area contributed by atoms with Gasteiger partial charge in [0.1, 0.15) is 114 Å². The van der Waals surface area contributed by atoms with Gasteiger partial charge in [-0.2, -0.15) is 0 Å². The van der Waals surface area contributed by atoms with Gasteiger partial charge in [0.2, 0.25) is 17.5 Å². The van der Waals surface area contributed by atoms with E-state index in [0.717, 1.165) is 24.3 Å². The largest absolute Gasteiger partial charge is 0.508 e. The summed E-state index contributed by atoms with van der Waals surface area (Å²) in [5.74, 6) is -3.94. The molecule has 26 nitrogen and oxygen atoms in total. The smallest absolute Gasteiger partial charge is 0.239 e. The van der Waals surface area contributed by atoms with Crippen LogP contribution in [0.4, 0.5) is 0 Å². The van der Waals surface area contributed by atoms with Gasteiger partial charge in [-0.05, 0) is 25.1 Å². The van der Waals surface area contributed by atoms with Crippen molar-refractivity contribution < 1.29 is 124 Å². The maximum absolute atomic E-state index is 14.1. The number of fused-ring (bicyclic) bond motifs is 1. The second-order valence-electron chi connectivity index (χ2n) is 15.9. The van der Waals surface area contributed by atoms with Crippen LogP contribution in [0.1, 0.15) is 6.92 Å². The number of phenols is 4. The highest BCUT2D eigenvalue weighted by Gasteiger charge is 2.54. The maximum atomic E-state index is 14.1. The van der Waals surface area contributed by atoms with Crippen molar-refractivity contribution in [2.24, 2.45) is 0 Å². The summed E-state index contributed by atoms with van der Waals surface area (Å²) in [6.07, 6.45) is -37.1. The molecule has 65 heavy (non-hydrogen) atoms. The Bertz CT molecular complexity index is 2170. The second kappa shape index (κ2) is 19.6. The average molecular weight is 935 g/mol. The first-order valence-corrected chi connectivity index (χ1v) is 20.0. The minimum Gasteiger partial charge on any atom is -0.508 e. The molecule has 0 radical (unpaired) electrons. The van der Waals surface area contributed by atoms with Gasteiger partial charge < -0.3 is 124 Å². The predicted octanol–water partition coefficient (Wildman–Crippen LogP) is -6.04. The van der Waals surface area contributed by atoms with Gasteiger partial charge in [-0.15, -0.1) is 0 Å². The lowest BCUT2D eigenvalue weighted by atomic mass is 9.96. The van der Waals surface area contributed by atoms with Crippen LogP contribution in [-0.2, 0) is 33.2 Å². The lowest BCUT2D eigenvalue weighted by Crippen LogP contribution is -2.67. The number of phenolic OH excluding ortho intramolecular Hbond substituents is 4. The van der Waals surface area contributed by atoms with Crippen LogP contribution in [0.3, 0.4) is 0 Å². The lowest BCUT2D eigenvalue weighted by molar-refractivity contribution is -0.379. The van der Waals surface area contributed by atoms with E-state index in [0.29, 0.717) is 0 Å². The minimum atomic E-state index is -2.25. The Balaban J connectivity index is 1.19. The molecule has 0 aliphatic carbocycles. The molecule has 0 spiro atoms. The molecule has 1 aromatic heterocycles. The third-order valence-corrected chi connectivity index (χ3v) is 11.5. The Kier molecular flexibility index (Phi) is 14.7. The summed E-state index contributed by atoms with van der Waals surface area (Å²) in [6.45, 7) is -1.32. The first-order chi connectivity index (χ1) is 30.7. The fraction of sp³-hybridized carbons (Fsp3) is 0.615. The number of hydrogen-bond acceptors (Lipinski definition) is 26. The van der Waals surface area contributed by atoms with Crippen LogP contribution in [0.25, 0.3) is 22.3 Å². The van der Waals surface area contributed by atoms with Gasteiger partial charge >= 0.3 is 0 Å². The van der Waals surface area contributed by atoms with Crippen molar-refractivity contribution in [3.63, 3.8) is 0 Å². The lowest BCUT2D eigenvalue weighted by Gasteiger charge is -2.48. The number of ether oxygens (including phenoxy) is 8. The first-order valence-electron chi connectivity index (χ1n) is 20.0. The van der Waals surface area contributed by atoms with Gasteiger partial charge in [-0.1, -0.05) is 0 Å². The van der Waals surface area contributed by atoms with Gasteiger partial charge in [0.25, 0.3) is 0 Å². The van der Waals surface area contributed by atoms with Crippen molar-refractivity contribution in [1.29, 1.82) is 0 Å². The third-order valence-electron chi connectivity index (χ3n) is 11.5. The number of aliphatic hydroxyl groups excluding tert-OH is 12. The molecule has 4 saturated heterocycles. The molecule has 4 fully saturated rings. The van der Waals surface area contributed by atoms with E-state index in [4.69, 9.17) is 42.3 Å². The molecule has 5 heterocycles. The summed E-state index contributed by atoms with van der Waals surface area (Å²) >= 11 is 0. The standard InChI is InChI=1S/C39H50O26/c1-10-21(46)24(49)28(53)36(58-10)57-9-19-34(64-38-30(55)26(51)33(18(8-41)61-38)63-37-29(54)25(50)22(47)17(7-40)60-37)27(52)31(56)39(62-19)65-35-23(48)20-15(45)5-12(42)6-16(20)59-32(35)11-2-3-13(43)14(44)4-11/h2-6,10,17-19,21-22,24-31,33-34,36-47,49-56H,7-9H2,1H3/t10-,17+,18+,19+,21-,22+,24+,25-,26+,27+,28+,29+,30+,31+,33+,34+,36+,37+,38+,39-/m0/s1. The first kappa shape index (κ1) is 48.8. The number of hydrogen-bond donors (Lipinski definition) is 16. The number of aliphatic hydroxyl groups is 12. The zero-order valence-electron chi connectivity index (χ0n) is 33.8. The van der Waals surface area contributed by atoms with Crippen molar-refractivity contribution in [1.82, 2.24) is 0 Å². The normalized spacial score (nSPS) is 40.2. The Morgan fingerprint density at radius 1 is 0.554 bits per heavy atom. The topological polar surface area (TPSA) is 428 Å². The number of rotatable bonds is 12. The second-order valence-corrected chi connectivity index (χ2v) is 15.9. The predicted molar refractivity (Wildman–Crippen MR) is 205 cm³/mol. The Hall–Kier alpha value is -4.11. The highest BCUT2D eigenvalue weighted by atomic mass is 16.8. The molecule has 362 valence electrons. The summed E-state index contributed by atoms with van der Waals surface area (Å²) in [4.78, 5) is 14.1. The van der Waals surface area contributed by atoms with Gasteiger partial charge in [-0.25, -0.2) is 0 Å². The van der Waals surface area contributed by atoms with E-state index in [1.807, 2.05) is 0 Å². The molecular weight excluding hydrogens is 884 g/mol. The number of aromatic hydroxyl groups is 4. The Morgan fingerprint density at radius 2 is 1.11 bits per heavy atom. The highest BCUT2D eigenvalue weighted by molar-refractivity contribution is 5.88. The quantitative estimate of drug-likeness (QED) is 0.0752. The van der Waals surface area contributed by atoms with Gasteiger partial charge in [0, 0.05) is 17.7 Å². The van der Waals surface area contributed by atoms with Crippen LogP contribution >= 0.6 is 0 Å². The third kappa shape index (κ3) is 9.43. The summed E-state index contributed by atoms with van der Waals surface area (Å²) in [5.41, 5.74) is -1.68. The molecule has 20 atom stereocenters. The molecular formula is C39H50O26. The average Bonchev–Trinajstić information content (AvgIpc) is 3.27. The van der Waals surface area contributed by atoms with Crippen molar-refractivity contribution >= 4 is 11.0 Å². The van der Waals surface area contributed by atoms with Crippen molar-refractivity contribution in [2.45, 2.75) is 130 Å². The molecule has 7 rings (SSSR count). The molecule has 4 aliphatic heterocycles. The Labute approximate surface area is 364 Å². The highest BCUT2D eigenvalue weighted by Crippen LogP contribution is 2.40. The zero-order valence-corrected chi connectivity index (χ0v) is 33.8. The molecule has 4 aliphatic rings. The molecule has 0 unspecified atom stereocenters. The fourth-order valence-corrected chi connectivity index (χ4v) is 7.81. The van der Waals surface area contributed by atoms with E-state index in [9.17, 15) is 86.5 Å². The number of benzene rings is 2. The van der Waals surface area contributed by atoms with E-state index in [2.05, 4.69) is 0 Å². The van der Waals surface area contributed by atoms with E-state index in [-0.39, 0.29) is 5.56 Å². The van der Waals surface area contributed by atoms with E-state index in [1.54, 1.807) is 0 Å². The molecule has 0 bridgehead atoms. The van der Waals surface area contributed by atoms with Crippen LogP contribution in [-0.4, -0.2) is 224 Å². The van der Waals surface area contributed by atoms with Crippen LogP contribution < -0.4 is 10.2 Å². The van der Waals surface area contributed by atoms with Crippen LogP contribution in [0, 0.1) is 0 Å². The molecule has 0 saturated carbocycles. The molecule has 0 amide bonds. The fourth-order valence-electron chi connectivity index (χ4n) is 7.81. The summed E-state index contributed by atoms with van der Waals surface area (Å²) in [6, 6.07) is 4.92. The summed E-state index contributed by atoms with van der Waals surface area (Å²) in [7, 11) is 0. The SMILES string of the molecule is C[C@@H]1O[C@@H](OC[C@H]2O[C@@H](Oc3c(-c4ccc(O)c(O)c4)oc4cc(O)cc(O)c4c3=O)[C@H](O)[C@@H](O)[C@@H]2O[C@H]2O[C@H](CO)[C@@H](O[C@H]3O[C@H](CO)[C@@H](O)[C@H](O)[C@H]3O)[C@H](O)[C@H]2O)[C@H](O)[C@H](O)[C@H]1O. The molecule has 26 heteroatoms. The van der Waals surface area contributed by atoms with Gasteiger partial charge in [0.05, 0.1) is 25.9 Å². The molecule has 16 N–H and O–H groups in total.